The van der Waals surface area contributed by atoms with E-state index in [-0.39, 0.29) is 6.61 Å². The number of hydrogen-bond donors (Lipinski definition) is 1. The summed E-state index contributed by atoms with van der Waals surface area (Å²) < 4.78 is 7.03. The highest BCUT2D eigenvalue weighted by Crippen LogP contribution is 2.06. The van der Waals surface area contributed by atoms with E-state index in [0.29, 0.717) is 0 Å². The molecular formula is C13H18N3O2+. The topological polar surface area (TPSA) is 62.5 Å². The highest BCUT2D eigenvalue weighted by atomic mass is 16.6. The minimum Gasteiger partial charge on any atom is -0.476 e. The lowest BCUT2D eigenvalue weighted by Crippen LogP contribution is -1.95. The molecule has 1 aromatic heterocycles. The fraction of sp³-hybridized carbons (Fsp3) is 0.385. The van der Waals surface area contributed by atoms with Crippen LogP contribution < -0.4 is 0 Å². The molecule has 0 saturated carbocycles. The maximum absolute atomic E-state index is 9.02. The van der Waals surface area contributed by atoms with Gasteiger partial charge < -0.3 is 14.4 Å². The van der Waals surface area contributed by atoms with Gasteiger partial charge in [0.1, 0.15) is 6.61 Å². The monoisotopic (exact) mass is 248 g/mol. The van der Waals surface area contributed by atoms with E-state index in [9.17, 15) is 0 Å². The molecule has 96 valence electrons. The van der Waals surface area contributed by atoms with E-state index >= 15 is 0 Å². The molecule has 0 aromatic carbocycles. The van der Waals surface area contributed by atoms with Crippen LogP contribution in [0.5, 0.6) is 0 Å². The number of aryl methyl sites for hydroxylation is 1. The smallest absolute Gasteiger partial charge is 0.429 e. The Bertz CT molecular complexity index is 441. The number of diazo groups is 1. The van der Waals surface area contributed by atoms with E-state index in [1.807, 2.05) is 37.5 Å². The van der Waals surface area contributed by atoms with Crippen molar-refractivity contribution in [2.45, 2.75) is 26.3 Å². The zero-order chi connectivity index (χ0) is 13.2. The number of aliphatic hydroxyl groups is 1. The molecule has 0 saturated heterocycles. The van der Waals surface area contributed by atoms with Crippen molar-refractivity contribution < 1.29 is 9.84 Å². The second kappa shape index (κ2) is 7.96. The molecule has 5 nitrogen and oxygen atoms in total. The van der Waals surface area contributed by atoms with Crippen molar-refractivity contribution in [3.8, 4) is 0 Å². The van der Waals surface area contributed by atoms with Gasteiger partial charge in [0.05, 0.1) is 0 Å². The average molecular weight is 248 g/mol. The lowest BCUT2D eigenvalue weighted by molar-refractivity contribution is 0.112. The van der Waals surface area contributed by atoms with Crippen LogP contribution in [-0.4, -0.2) is 16.3 Å². The van der Waals surface area contributed by atoms with Crippen molar-refractivity contribution in [3.05, 3.63) is 53.3 Å². The van der Waals surface area contributed by atoms with Crippen molar-refractivity contribution >= 4 is 0 Å². The number of ether oxygens (including phenoxy) is 1. The van der Waals surface area contributed by atoms with Gasteiger partial charge in [-0.15, -0.1) is 0 Å². The molecule has 1 heterocycles. The van der Waals surface area contributed by atoms with E-state index in [0.717, 1.165) is 25.6 Å². The van der Waals surface area contributed by atoms with Crippen LogP contribution in [0.25, 0.3) is 4.98 Å². The van der Waals surface area contributed by atoms with Crippen molar-refractivity contribution in [3.63, 3.8) is 0 Å². The quantitative estimate of drug-likeness (QED) is 0.456. The molecule has 0 spiro atoms. The van der Waals surface area contributed by atoms with Gasteiger partial charge in [0, 0.05) is 18.9 Å². The number of nitrogens with zero attached hydrogens (tertiary/aromatic N) is 3. The Morgan fingerprint density at radius 2 is 2.17 bits per heavy atom. The summed E-state index contributed by atoms with van der Waals surface area (Å²) in [6.45, 7) is 3.29. The van der Waals surface area contributed by atoms with Crippen LogP contribution in [0.1, 0.15) is 19.8 Å². The lowest BCUT2D eigenvalue weighted by Gasteiger charge is -2.04. The van der Waals surface area contributed by atoms with Crippen molar-refractivity contribution in [1.82, 2.24) is 4.57 Å². The summed E-state index contributed by atoms with van der Waals surface area (Å²) in [5.74, 6) is -0.395. The van der Waals surface area contributed by atoms with Crippen molar-refractivity contribution in [1.29, 1.82) is 5.39 Å². The maximum atomic E-state index is 9.02. The van der Waals surface area contributed by atoms with Gasteiger partial charge in [-0.05, 0) is 38.0 Å². The molecule has 0 radical (unpaired) electrons. The second-order valence-corrected chi connectivity index (χ2v) is 3.97. The van der Waals surface area contributed by atoms with Gasteiger partial charge in [-0.3, -0.25) is 0 Å². The number of rotatable bonds is 7. The third kappa shape index (κ3) is 5.75. The first kappa shape index (κ1) is 13.8. The van der Waals surface area contributed by atoms with Gasteiger partial charge in [-0.2, -0.15) is 0 Å². The summed E-state index contributed by atoms with van der Waals surface area (Å²) in [4.78, 5) is 2.65. The third-order valence-electron chi connectivity index (χ3n) is 2.48. The zero-order valence-corrected chi connectivity index (χ0v) is 10.5. The molecule has 0 aliphatic heterocycles. The molecule has 0 aliphatic rings. The van der Waals surface area contributed by atoms with Crippen LogP contribution in [-0.2, 0) is 11.3 Å². The van der Waals surface area contributed by atoms with Gasteiger partial charge in [0.25, 0.3) is 0 Å². The summed E-state index contributed by atoms with van der Waals surface area (Å²) in [6.07, 6.45) is 8.88. The van der Waals surface area contributed by atoms with Crippen LogP contribution in [0.4, 0.5) is 0 Å². The first-order chi connectivity index (χ1) is 8.72. The summed E-state index contributed by atoms with van der Waals surface area (Å²) in [6, 6.07) is 4.02. The SMILES string of the molecule is C/C(=C/CO/C(O)=C/[N+]#N)CCCn1cccc1. The Labute approximate surface area is 107 Å². The molecule has 1 aromatic rings. The first-order valence-electron chi connectivity index (χ1n) is 5.85. The summed E-state index contributed by atoms with van der Waals surface area (Å²) in [5, 5.41) is 17.2. The lowest BCUT2D eigenvalue weighted by atomic mass is 10.1. The molecule has 0 atom stereocenters. The molecule has 0 amide bonds. The fourth-order valence-corrected chi connectivity index (χ4v) is 1.52. The van der Waals surface area contributed by atoms with Gasteiger partial charge >= 0.3 is 12.1 Å². The number of aliphatic hydroxyl groups excluding tert-OH is 1. The van der Waals surface area contributed by atoms with Crippen LogP contribution in [0.3, 0.4) is 0 Å². The van der Waals surface area contributed by atoms with Gasteiger partial charge in [0.15, 0.2) is 4.98 Å². The second-order valence-electron chi connectivity index (χ2n) is 3.97. The Morgan fingerprint density at radius 3 is 2.83 bits per heavy atom. The van der Waals surface area contributed by atoms with E-state index < -0.39 is 5.95 Å². The number of aromatic nitrogens is 1. The van der Waals surface area contributed by atoms with E-state index in [4.69, 9.17) is 15.2 Å². The van der Waals surface area contributed by atoms with Crippen LogP contribution in [0, 0.1) is 5.39 Å². The molecular weight excluding hydrogens is 230 g/mol. The molecule has 0 aliphatic carbocycles. The molecule has 5 heteroatoms. The van der Waals surface area contributed by atoms with E-state index in [1.54, 1.807) is 0 Å². The van der Waals surface area contributed by atoms with Gasteiger partial charge in [-0.25, -0.2) is 0 Å². The Balaban J connectivity index is 2.18. The average Bonchev–Trinajstić information content (AvgIpc) is 2.82. The Hall–Kier alpha value is -2.22. The van der Waals surface area contributed by atoms with Crippen LogP contribution >= 0.6 is 0 Å². The van der Waals surface area contributed by atoms with Crippen LogP contribution in [0.2, 0.25) is 0 Å². The third-order valence-corrected chi connectivity index (χ3v) is 2.48. The van der Waals surface area contributed by atoms with E-state index in [2.05, 4.69) is 9.54 Å². The molecule has 0 bridgehead atoms. The summed E-state index contributed by atoms with van der Waals surface area (Å²) >= 11 is 0. The molecule has 0 fully saturated rings. The molecule has 0 unspecified atom stereocenters. The van der Waals surface area contributed by atoms with Crippen molar-refractivity contribution in [2.24, 2.45) is 0 Å². The molecule has 1 rings (SSSR count). The Morgan fingerprint density at radius 1 is 1.44 bits per heavy atom. The largest absolute Gasteiger partial charge is 0.476 e. The van der Waals surface area contributed by atoms with Crippen LogP contribution in [0.15, 0.2) is 48.3 Å². The minimum atomic E-state index is -0.395. The van der Waals surface area contributed by atoms with Gasteiger partial charge in [-0.1, -0.05) is 5.57 Å². The van der Waals surface area contributed by atoms with Gasteiger partial charge in [0.2, 0.25) is 5.39 Å². The first-order valence-corrected chi connectivity index (χ1v) is 5.85. The highest BCUT2D eigenvalue weighted by Gasteiger charge is 1.98. The predicted molar refractivity (Wildman–Crippen MR) is 69.2 cm³/mol. The summed E-state index contributed by atoms with van der Waals surface area (Å²) in [5.41, 5.74) is 1.20. The van der Waals surface area contributed by atoms with E-state index in [1.165, 1.54) is 5.57 Å². The summed E-state index contributed by atoms with van der Waals surface area (Å²) in [7, 11) is 0. The Kier molecular flexibility index (Phi) is 6.12. The fourth-order valence-electron chi connectivity index (χ4n) is 1.52. The number of hydrogen-bond acceptors (Lipinski definition) is 3. The molecule has 1 N–H and O–H groups in total. The normalized spacial score (nSPS) is 12.2. The van der Waals surface area contributed by atoms with Crippen molar-refractivity contribution in [2.75, 3.05) is 6.61 Å². The molecule has 18 heavy (non-hydrogen) atoms. The number of allylic oxidation sites excluding steroid dienone is 1. The standard InChI is InChI=1S/C13H17N3O2/c1-12(6-10-18-13(17)11-15-14)5-4-9-16-7-2-3-8-16/h2-3,6-8,11H,4-5,9-10H2,1H3/p+1/b12-6-,13-11+. The maximum Gasteiger partial charge on any atom is 0.429 e. The predicted octanol–water partition coefficient (Wildman–Crippen LogP) is 3.44. The zero-order valence-electron chi connectivity index (χ0n) is 10.5. The highest BCUT2D eigenvalue weighted by molar-refractivity contribution is 4.99. The minimum absolute atomic E-state index is 0.271.